The van der Waals surface area contributed by atoms with E-state index >= 15 is 0 Å². The second-order valence-corrected chi connectivity index (χ2v) is 7.27. The molecule has 1 aromatic heterocycles. The van der Waals surface area contributed by atoms with Gasteiger partial charge in [0.25, 0.3) is 5.91 Å². The molecule has 5 heteroatoms. The Labute approximate surface area is 130 Å². The van der Waals surface area contributed by atoms with Crippen LogP contribution in [0.15, 0.2) is 6.07 Å². The number of aromatic amines is 1. The molecule has 0 saturated carbocycles. The highest BCUT2D eigenvalue weighted by molar-refractivity contribution is 7.99. The summed E-state index contributed by atoms with van der Waals surface area (Å²) in [7, 11) is 0. The maximum atomic E-state index is 13.0. The van der Waals surface area contributed by atoms with Crippen LogP contribution in [0.2, 0.25) is 0 Å². The van der Waals surface area contributed by atoms with Crippen molar-refractivity contribution in [3.63, 3.8) is 0 Å². The second kappa shape index (κ2) is 6.44. The SMILES string of the molecule is Cc1cc(C)c(C(=O)N(C[C@@H]2CCCO2)[C@H]2CCSC2)[nH]1. The fourth-order valence-corrected chi connectivity index (χ4v) is 4.49. The van der Waals surface area contributed by atoms with Crippen LogP contribution in [-0.4, -0.2) is 52.6 Å². The van der Waals surface area contributed by atoms with Gasteiger partial charge in [0, 0.05) is 30.6 Å². The van der Waals surface area contributed by atoms with Gasteiger partial charge in [-0.1, -0.05) is 0 Å². The number of amides is 1. The summed E-state index contributed by atoms with van der Waals surface area (Å²) in [6, 6.07) is 2.40. The summed E-state index contributed by atoms with van der Waals surface area (Å²) in [4.78, 5) is 18.3. The number of rotatable bonds is 4. The minimum absolute atomic E-state index is 0.142. The van der Waals surface area contributed by atoms with E-state index in [9.17, 15) is 4.79 Å². The van der Waals surface area contributed by atoms with E-state index in [2.05, 4.69) is 9.88 Å². The van der Waals surface area contributed by atoms with Gasteiger partial charge in [-0.25, -0.2) is 0 Å². The summed E-state index contributed by atoms with van der Waals surface area (Å²) in [6.45, 7) is 5.58. The number of ether oxygens (including phenoxy) is 1. The van der Waals surface area contributed by atoms with Crippen molar-refractivity contribution < 1.29 is 9.53 Å². The van der Waals surface area contributed by atoms with Gasteiger partial charge in [0.15, 0.2) is 0 Å². The van der Waals surface area contributed by atoms with Crippen molar-refractivity contribution >= 4 is 17.7 Å². The normalized spacial score (nSPS) is 25.4. The minimum Gasteiger partial charge on any atom is -0.376 e. The first-order chi connectivity index (χ1) is 10.1. The summed E-state index contributed by atoms with van der Waals surface area (Å²) in [6.07, 6.45) is 3.51. The Bertz CT molecular complexity index is 502. The van der Waals surface area contributed by atoms with E-state index in [4.69, 9.17) is 4.74 Å². The lowest BCUT2D eigenvalue weighted by Crippen LogP contribution is -2.45. The number of thioether (sulfide) groups is 1. The average molecular weight is 308 g/mol. The molecule has 1 amide bonds. The number of carbonyl (C=O) groups is 1. The molecule has 2 aliphatic rings. The molecule has 0 bridgehead atoms. The number of carbonyl (C=O) groups excluding carboxylic acids is 1. The van der Waals surface area contributed by atoms with Crippen molar-refractivity contribution in [1.29, 1.82) is 0 Å². The third-order valence-electron chi connectivity index (χ3n) is 4.39. The van der Waals surface area contributed by atoms with Gasteiger partial charge in [-0.2, -0.15) is 11.8 Å². The minimum atomic E-state index is 0.142. The summed E-state index contributed by atoms with van der Waals surface area (Å²) < 4.78 is 5.75. The topological polar surface area (TPSA) is 45.3 Å². The summed E-state index contributed by atoms with van der Waals surface area (Å²) in [5.41, 5.74) is 2.84. The lowest BCUT2D eigenvalue weighted by atomic mass is 10.1. The Balaban J connectivity index is 1.79. The van der Waals surface area contributed by atoms with Crippen molar-refractivity contribution in [3.8, 4) is 0 Å². The highest BCUT2D eigenvalue weighted by atomic mass is 32.2. The first kappa shape index (κ1) is 15.0. The zero-order valence-electron chi connectivity index (χ0n) is 12.9. The molecule has 2 aliphatic heterocycles. The number of hydrogen-bond donors (Lipinski definition) is 1. The Morgan fingerprint density at radius 2 is 2.33 bits per heavy atom. The van der Waals surface area contributed by atoms with Crippen LogP contribution in [0.1, 0.15) is 41.0 Å². The van der Waals surface area contributed by atoms with Crippen molar-refractivity contribution in [2.24, 2.45) is 0 Å². The zero-order valence-corrected chi connectivity index (χ0v) is 13.7. The van der Waals surface area contributed by atoms with Gasteiger partial charge in [0.05, 0.1) is 6.10 Å². The van der Waals surface area contributed by atoms with Gasteiger partial charge in [-0.3, -0.25) is 4.79 Å². The molecule has 2 saturated heterocycles. The molecule has 0 aliphatic carbocycles. The van der Waals surface area contributed by atoms with Gasteiger partial charge in [-0.05, 0) is 50.5 Å². The molecular weight excluding hydrogens is 284 g/mol. The molecule has 4 nitrogen and oxygen atoms in total. The highest BCUT2D eigenvalue weighted by Gasteiger charge is 2.32. The van der Waals surface area contributed by atoms with Crippen LogP contribution in [0, 0.1) is 13.8 Å². The predicted octanol–water partition coefficient (Wildman–Crippen LogP) is 2.76. The van der Waals surface area contributed by atoms with Gasteiger partial charge >= 0.3 is 0 Å². The van der Waals surface area contributed by atoms with E-state index in [0.717, 1.165) is 60.9 Å². The van der Waals surface area contributed by atoms with Crippen LogP contribution < -0.4 is 0 Å². The van der Waals surface area contributed by atoms with Gasteiger partial charge in [-0.15, -0.1) is 0 Å². The summed E-state index contributed by atoms with van der Waals surface area (Å²) in [5, 5.41) is 0. The Morgan fingerprint density at radius 1 is 1.48 bits per heavy atom. The van der Waals surface area contributed by atoms with Crippen molar-refractivity contribution in [2.75, 3.05) is 24.7 Å². The number of aromatic nitrogens is 1. The zero-order chi connectivity index (χ0) is 14.8. The van der Waals surface area contributed by atoms with Gasteiger partial charge < -0.3 is 14.6 Å². The Kier molecular flexibility index (Phi) is 4.60. The van der Waals surface area contributed by atoms with E-state index in [1.807, 2.05) is 31.7 Å². The van der Waals surface area contributed by atoms with Crippen LogP contribution >= 0.6 is 11.8 Å². The van der Waals surface area contributed by atoms with Crippen LogP contribution in [0.3, 0.4) is 0 Å². The first-order valence-corrected chi connectivity index (χ1v) is 8.97. The molecule has 3 rings (SSSR count). The molecule has 2 fully saturated rings. The highest BCUT2D eigenvalue weighted by Crippen LogP contribution is 2.26. The van der Waals surface area contributed by atoms with Crippen LogP contribution in [0.25, 0.3) is 0 Å². The molecule has 0 spiro atoms. The number of hydrogen-bond acceptors (Lipinski definition) is 3. The Morgan fingerprint density at radius 3 is 2.90 bits per heavy atom. The second-order valence-electron chi connectivity index (χ2n) is 6.12. The van der Waals surface area contributed by atoms with E-state index in [0.29, 0.717) is 6.04 Å². The number of nitrogens with one attached hydrogen (secondary N) is 1. The van der Waals surface area contributed by atoms with Gasteiger partial charge in [0.2, 0.25) is 0 Å². The molecule has 0 radical (unpaired) electrons. The van der Waals surface area contributed by atoms with Crippen LogP contribution in [-0.2, 0) is 4.74 Å². The van der Waals surface area contributed by atoms with E-state index in [1.165, 1.54) is 0 Å². The summed E-state index contributed by atoms with van der Waals surface area (Å²) >= 11 is 1.95. The van der Waals surface area contributed by atoms with E-state index < -0.39 is 0 Å². The molecule has 2 atom stereocenters. The maximum absolute atomic E-state index is 13.0. The van der Waals surface area contributed by atoms with Crippen molar-refractivity contribution in [2.45, 2.75) is 45.3 Å². The number of aryl methyl sites for hydroxylation is 2. The number of H-pyrrole nitrogens is 1. The molecule has 0 aromatic carbocycles. The molecule has 116 valence electrons. The van der Waals surface area contributed by atoms with Crippen molar-refractivity contribution in [3.05, 3.63) is 23.0 Å². The van der Waals surface area contributed by atoms with Crippen LogP contribution in [0.4, 0.5) is 0 Å². The molecular formula is C16H24N2O2S. The fraction of sp³-hybridized carbons (Fsp3) is 0.688. The molecule has 21 heavy (non-hydrogen) atoms. The quantitative estimate of drug-likeness (QED) is 0.930. The Hall–Kier alpha value is -0.940. The smallest absolute Gasteiger partial charge is 0.270 e. The first-order valence-electron chi connectivity index (χ1n) is 7.81. The third kappa shape index (κ3) is 3.29. The van der Waals surface area contributed by atoms with Crippen molar-refractivity contribution in [1.82, 2.24) is 9.88 Å². The predicted molar refractivity (Wildman–Crippen MR) is 86.0 cm³/mol. The number of nitrogens with zero attached hydrogens (tertiary/aromatic N) is 1. The lowest BCUT2D eigenvalue weighted by Gasteiger charge is -2.30. The standard InChI is InChI=1S/C16H24N2O2S/c1-11-8-12(2)17-15(11)16(19)18(13-5-7-21-10-13)9-14-4-3-6-20-14/h8,13-14,17H,3-7,9-10H2,1-2H3/t13-,14-/m0/s1. The molecule has 3 heterocycles. The van der Waals surface area contributed by atoms with Gasteiger partial charge in [0.1, 0.15) is 5.69 Å². The molecule has 1 N–H and O–H groups in total. The van der Waals surface area contributed by atoms with Crippen LogP contribution in [0.5, 0.6) is 0 Å². The summed E-state index contributed by atoms with van der Waals surface area (Å²) in [5.74, 6) is 2.35. The third-order valence-corrected chi connectivity index (χ3v) is 5.54. The lowest BCUT2D eigenvalue weighted by molar-refractivity contribution is 0.0437. The molecule has 0 unspecified atom stereocenters. The monoisotopic (exact) mass is 308 g/mol. The fourth-order valence-electron chi connectivity index (χ4n) is 3.27. The van der Waals surface area contributed by atoms with E-state index in [-0.39, 0.29) is 12.0 Å². The maximum Gasteiger partial charge on any atom is 0.270 e. The molecule has 1 aromatic rings. The van der Waals surface area contributed by atoms with E-state index in [1.54, 1.807) is 0 Å². The average Bonchev–Trinajstić information content (AvgIpc) is 3.16. The largest absolute Gasteiger partial charge is 0.376 e.